The van der Waals surface area contributed by atoms with E-state index < -0.39 is 0 Å². The van der Waals surface area contributed by atoms with Crippen molar-refractivity contribution >= 4 is 45.0 Å². The summed E-state index contributed by atoms with van der Waals surface area (Å²) in [5.74, 6) is -0.276. The van der Waals surface area contributed by atoms with Crippen LogP contribution in [0.15, 0.2) is 23.2 Å². The summed E-state index contributed by atoms with van der Waals surface area (Å²) in [6, 6.07) is 2.89. The van der Waals surface area contributed by atoms with Crippen LogP contribution in [0.2, 0.25) is 10.3 Å². The second-order valence-electron chi connectivity index (χ2n) is 2.70. The number of carbonyl (C=O) groups is 1. The van der Waals surface area contributed by atoms with E-state index in [0.717, 1.165) is 0 Å². The van der Waals surface area contributed by atoms with Crippen LogP contribution in [0, 0.1) is 0 Å². The van der Waals surface area contributed by atoms with Crippen LogP contribution in [0.25, 0.3) is 0 Å². The van der Waals surface area contributed by atoms with Gasteiger partial charge in [-0.2, -0.15) is 0 Å². The fourth-order valence-corrected chi connectivity index (χ4v) is 1.47. The number of amides is 1. The average Bonchev–Trinajstić information content (AvgIpc) is 2.12. The molecule has 1 heterocycles. The van der Waals surface area contributed by atoms with Crippen LogP contribution < -0.4 is 5.32 Å². The molecule has 3 nitrogen and oxygen atoms in total. The SMILES string of the molecule is C=C(Br)CNC(=O)c1cc(Cl)nc(Cl)c1. The standard InChI is InChI=1S/C9H7BrCl2N2O/c1-5(10)4-13-9(15)6-2-7(11)14-8(12)3-6/h2-3H,1,4H2,(H,13,15). The minimum Gasteiger partial charge on any atom is -0.347 e. The Morgan fingerprint density at radius 3 is 2.47 bits per heavy atom. The number of hydrogen-bond donors (Lipinski definition) is 1. The minimum absolute atomic E-state index is 0.185. The van der Waals surface area contributed by atoms with E-state index in [-0.39, 0.29) is 16.2 Å². The molecule has 1 aromatic heterocycles. The van der Waals surface area contributed by atoms with Crippen molar-refractivity contribution < 1.29 is 4.79 Å². The smallest absolute Gasteiger partial charge is 0.251 e. The first-order chi connectivity index (χ1) is 6.99. The Morgan fingerprint density at radius 1 is 1.47 bits per heavy atom. The Morgan fingerprint density at radius 2 is 2.00 bits per heavy atom. The highest BCUT2D eigenvalue weighted by Gasteiger charge is 2.07. The normalized spacial score (nSPS) is 9.80. The first-order valence-electron chi connectivity index (χ1n) is 3.93. The molecule has 1 amide bonds. The van der Waals surface area contributed by atoms with Crippen molar-refractivity contribution in [3.8, 4) is 0 Å². The number of nitrogens with one attached hydrogen (secondary N) is 1. The van der Waals surface area contributed by atoms with E-state index in [1.165, 1.54) is 12.1 Å². The summed E-state index contributed by atoms with van der Waals surface area (Å²) >= 11 is 14.4. The van der Waals surface area contributed by atoms with Crippen molar-refractivity contribution in [3.05, 3.63) is 39.1 Å². The summed E-state index contributed by atoms with van der Waals surface area (Å²) in [5, 5.41) is 2.99. The van der Waals surface area contributed by atoms with E-state index >= 15 is 0 Å². The zero-order chi connectivity index (χ0) is 11.4. The molecule has 1 aromatic rings. The van der Waals surface area contributed by atoms with Gasteiger partial charge in [0.1, 0.15) is 10.3 Å². The maximum absolute atomic E-state index is 11.5. The predicted octanol–water partition coefficient (Wildman–Crippen LogP) is 3.03. The molecule has 6 heteroatoms. The van der Waals surface area contributed by atoms with Gasteiger partial charge in [-0.25, -0.2) is 4.98 Å². The quantitative estimate of drug-likeness (QED) is 0.872. The van der Waals surface area contributed by atoms with E-state index in [2.05, 4.69) is 32.8 Å². The van der Waals surface area contributed by atoms with E-state index in [1.807, 2.05) is 0 Å². The van der Waals surface area contributed by atoms with Gasteiger partial charge in [0.15, 0.2) is 0 Å². The molecule has 0 aliphatic carbocycles. The molecule has 1 rings (SSSR count). The van der Waals surface area contributed by atoms with Crippen molar-refractivity contribution in [1.29, 1.82) is 0 Å². The lowest BCUT2D eigenvalue weighted by Crippen LogP contribution is -2.24. The van der Waals surface area contributed by atoms with Gasteiger partial charge in [-0.3, -0.25) is 4.79 Å². The zero-order valence-corrected chi connectivity index (χ0v) is 10.7. The lowest BCUT2D eigenvalue weighted by Gasteiger charge is -2.04. The van der Waals surface area contributed by atoms with E-state index in [0.29, 0.717) is 16.6 Å². The topological polar surface area (TPSA) is 42.0 Å². The van der Waals surface area contributed by atoms with Gasteiger partial charge >= 0.3 is 0 Å². The molecule has 1 N–H and O–H groups in total. The van der Waals surface area contributed by atoms with Gasteiger partial charge < -0.3 is 5.32 Å². The number of carbonyl (C=O) groups excluding carboxylic acids is 1. The molecular formula is C9H7BrCl2N2O. The van der Waals surface area contributed by atoms with Crippen LogP contribution in [0.5, 0.6) is 0 Å². The molecule has 15 heavy (non-hydrogen) atoms. The average molecular weight is 310 g/mol. The molecule has 0 aliphatic heterocycles. The Balaban J connectivity index is 2.77. The molecule has 0 radical (unpaired) electrons. The van der Waals surface area contributed by atoms with Crippen molar-refractivity contribution in [2.45, 2.75) is 0 Å². The molecule has 0 bridgehead atoms. The highest BCUT2D eigenvalue weighted by atomic mass is 79.9. The maximum Gasteiger partial charge on any atom is 0.251 e. The predicted molar refractivity (Wildman–Crippen MR) is 64.7 cm³/mol. The van der Waals surface area contributed by atoms with E-state index in [4.69, 9.17) is 23.2 Å². The number of nitrogens with zero attached hydrogens (tertiary/aromatic N) is 1. The molecule has 0 unspecified atom stereocenters. The number of hydrogen-bond acceptors (Lipinski definition) is 2. The second kappa shape index (κ2) is 5.49. The van der Waals surface area contributed by atoms with Crippen molar-refractivity contribution in [3.63, 3.8) is 0 Å². The third-order valence-electron chi connectivity index (χ3n) is 1.47. The van der Waals surface area contributed by atoms with Gasteiger partial charge in [0, 0.05) is 16.6 Å². The maximum atomic E-state index is 11.5. The molecule has 0 spiro atoms. The molecule has 0 fully saturated rings. The Bertz CT molecular complexity index is 389. The molecular weight excluding hydrogens is 303 g/mol. The van der Waals surface area contributed by atoms with Gasteiger partial charge in [-0.15, -0.1) is 0 Å². The van der Waals surface area contributed by atoms with E-state index in [9.17, 15) is 4.79 Å². The minimum atomic E-state index is -0.276. The fourth-order valence-electron chi connectivity index (χ4n) is 0.874. The third-order valence-corrected chi connectivity index (χ3v) is 2.13. The Labute approximate surface area is 106 Å². The Hall–Kier alpha value is -0.580. The van der Waals surface area contributed by atoms with Crippen LogP contribution in [0.3, 0.4) is 0 Å². The molecule has 0 saturated heterocycles. The fraction of sp³-hybridized carbons (Fsp3) is 0.111. The van der Waals surface area contributed by atoms with E-state index in [1.54, 1.807) is 0 Å². The molecule has 0 saturated carbocycles. The van der Waals surface area contributed by atoms with Gasteiger partial charge in [0.2, 0.25) is 0 Å². The lowest BCUT2D eigenvalue weighted by atomic mass is 10.2. The largest absolute Gasteiger partial charge is 0.347 e. The molecule has 0 atom stereocenters. The molecule has 0 aliphatic rings. The zero-order valence-electron chi connectivity index (χ0n) is 7.56. The second-order valence-corrected chi connectivity index (χ2v) is 4.60. The molecule has 80 valence electrons. The van der Waals surface area contributed by atoms with Crippen LogP contribution >= 0.6 is 39.1 Å². The monoisotopic (exact) mass is 308 g/mol. The summed E-state index contributed by atoms with van der Waals surface area (Å²) in [4.78, 5) is 15.3. The van der Waals surface area contributed by atoms with Crippen LogP contribution in [0.1, 0.15) is 10.4 Å². The number of aromatic nitrogens is 1. The first kappa shape index (κ1) is 12.5. The lowest BCUT2D eigenvalue weighted by molar-refractivity contribution is 0.0957. The summed E-state index contributed by atoms with van der Waals surface area (Å²) in [6.07, 6.45) is 0. The summed E-state index contributed by atoms with van der Waals surface area (Å²) in [6.45, 7) is 3.94. The van der Waals surface area contributed by atoms with Crippen molar-refractivity contribution in [2.75, 3.05) is 6.54 Å². The highest BCUT2D eigenvalue weighted by molar-refractivity contribution is 9.11. The summed E-state index contributed by atoms with van der Waals surface area (Å²) in [7, 11) is 0. The summed E-state index contributed by atoms with van der Waals surface area (Å²) in [5.41, 5.74) is 0.369. The molecule has 0 aromatic carbocycles. The first-order valence-corrected chi connectivity index (χ1v) is 5.48. The Kier molecular flexibility index (Phi) is 4.57. The number of halogens is 3. The van der Waals surface area contributed by atoms with Gasteiger partial charge in [0.25, 0.3) is 5.91 Å². The van der Waals surface area contributed by atoms with Gasteiger partial charge in [-0.05, 0) is 12.1 Å². The van der Waals surface area contributed by atoms with Crippen LogP contribution in [-0.4, -0.2) is 17.4 Å². The summed E-state index contributed by atoms with van der Waals surface area (Å²) < 4.78 is 0.682. The number of rotatable bonds is 3. The van der Waals surface area contributed by atoms with Crippen molar-refractivity contribution in [1.82, 2.24) is 10.3 Å². The third kappa shape index (κ3) is 4.20. The van der Waals surface area contributed by atoms with Crippen molar-refractivity contribution in [2.24, 2.45) is 0 Å². The van der Waals surface area contributed by atoms with Crippen LogP contribution in [-0.2, 0) is 0 Å². The highest BCUT2D eigenvalue weighted by Crippen LogP contribution is 2.14. The number of pyridine rings is 1. The van der Waals surface area contributed by atoms with Crippen LogP contribution in [0.4, 0.5) is 0 Å². The van der Waals surface area contributed by atoms with Gasteiger partial charge in [0.05, 0.1) is 0 Å². The van der Waals surface area contributed by atoms with Gasteiger partial charge in [-0.1, -0.05) is 45.7 Å².